The first-order chi connectivity index (χ1) is 14.1. The molecule has 0 atom stereocenters. The SMILES string of the molecule is Cc1nn(-c2ccccc2)c(Cl)c1CSc1nnc(COc2ccc(Cl)cc2)o1. The van der Waals surface area contributed by atoms with Crippen molar-refractivity contribution in [1.29, 1.82) is 0 Å². The van der Waals surface area contributed by atoms with E-state index in [4.69, 9.17) is 32.4 Å². The summed E-state index contributed by atoms with van der Waals surface area (Å²) in [5, 5.41) is 14.3. The van der Waals surface area contributed by atoms with E-state index in [1.807, 2.05) is 37.3 Å². The van der Waals surface area contributed by atoms with Gasteiger partial charge in [0.15, 0.2) is 6.61 Å². The highest BCUT2D eigenvalue weighted by Crippen LogP contribution is 2.30. The fourth-order valence-corrected chi connectivity index (χ4v) is 4.01. The Balaban J connectivity index is 1.39. The van der Waals surface area contributed by atoms with Crippen molar-refractivity contribution in [2.24, 2.45) is 0 Å². The Bertz CT molecular complexity index is 1100. The molecule has 2 aromatic carbocycles. The van der Waals surface area contributed by atoms with Crippen LogP contribution in [0.5, 0.6) is 5.75 Å². The van der Waals surface area contributed by atoms with Crippen molar-refractivity contribution in [3.8, 4) is 11.4 Å². The van der Waals surface area contributed by atoms with Crippen LogP contribution in [0.1, 0.15) is 17.1 Å². The molecule has 0 aliphatic rings. The minimum Gasteiger partial charge on any atom is -0.484 e. The molecule has 6 nitrogen and oxygen atoms in total. The van der Waals surface area contributed by atoms with E-state index < -0.39 is 0 Å². The van der Waals surface area contributed by atoms with Crippen LogP contribution < -0.4 is 4.74 Å². The molecular formula is C20H16Cl2N4O2S. The molecule has 0 bridgehead atoms. The van der Waals surface area contributed by atoms with Crippen LogP contribution in [0.25, 0.3) is 5.69 Å². The molecule has 2 aromatic heterocycles. The molecule has 148 valence electrons. The fraction of sp³-hybridized carbons (Fsp3) is 0.150. The number of aromatic nitrogens is 4. The number of nitrogens with zero attached hydrogens (tertiary/aromatic N) is 4. The first-order valence-electron chi connectivity index (χ1n) is 8.73. The summed E-state index contributed by atoms with van der Waals surface area (Å²) in [6, 6.07) is 16.8. The molecule has 0 aliphatic heterocycles. The molecule has 0 saturated carbocycles. The van der Waals surface area contributed by atoms with E-state index in [0.29, 0.717) is 32.8 Å². The van der Waals surface area contributed by atoms with E-state index in [1.54, 1.807) is 28.9 Å². The lowest BCUT2D eigenvalue weighted by molar-refractivity contribution is 0.252. The third-order valence-electron chi connectivity index (χ3n) is 4.09. The van der Waals surface area contributed by atoms with Gasteiger partial charge in [0, 0.05) is 16.3 Å². The first-order valence-corrected chi connectivity index (χ1v) is 10.5. The molecule has 0 amide bonds. The van der Waals surface area contributed by atoms with Crippen molar-refractivity contribution in [3.63, 3.8) is 0 Å². The number of hydrogen-bond donors (Lipinski definition) is 0. The maximum absolute atomic E-state index is 6.56. The predicted octanol–water partition coefficient (Wildman–Crippen LogP) is 5.74. The second-order valence-corrected chi connectivity index (χ2v) is 7.82. The standard InChI is InChI=1S/C20H16Cl2N4O2S/c1-13-17(19(22)26(25-13)15-5-3-2-4-6-15)12-29-20-24-23-18(28-20)11-27-16-9-7-14(21)8-10-16/h2-10H,11-12H2,1H3. The lowest BCUT2D eigenvalue weighted by Gasteiger charge is -2.03. The monoisotopic (exact) mass is 446 g/mol. The molecule has 0 aliphatic carbocycles. The summed E-state index contributed by atoms with van der Waals surface area (Å²) in [4.78, 5) is 0. The summed E-state index contributed by atoms with van der Waals surface area (Å²) < 4.78 is 13.0. The van der Waals surface area contributed by atoms with Gasteiger partial charge in [-0.25, -0.2) is 4.68 Å². The first kappa shape index (κ1) is 19.8. The smallest absolute Gasteiger partial charge is 0.277 e. The molecular weight excluding hydrogens is 431 g/mol. The molecule has 29 heavy (non-hydrogen) atoms. The Kier molecular flexibility index (Phi) is 6.08. The summed E-state index contributed by atoms with van der Waals surface area (Å²) in [7, 11) is 0. The maximum atomic E-state index is 6.56. The Hall–Kier alpha value is -2.48. The normalized spacial score (nSPS) is 11.0. The summed E-state index contributed by atoms with van der Waals surface area (Å²) in [6.07, 6.45) is 0. The molecule has 4 rings (SSSR count). The van der Waals surface area contributed by atoms with Crippen LogP contribution >= 0.6 is 35.0 Å². The fourth-order valence-electron chi connectivity index (χ4n) is 2.60. The summed E-state index contributed by atoms with van der Waals surface area (Å²) in [5.74, 6) is 1.64. The number of ether oxygens (including phenoxy) is 1. The number of thioether (sulfide) groups is 1. The lowest BCUT2D eigenvalue weighted by atomic mass is 10.3. The molecule has 9 heteroatoms. The Morgan fingerprint density at radius 1 is 1.03 bits per heavy atom. The van der Waals surface area contributed by atoms with Gasteiger partial charge in [0.05, 0.1) is 11.4 Å². The zero-order valence-corrected chi connectivity index (χ0v) is 17.7. The van der Waals surface area contributed by atoms with Crippen LogP contribution in [0.2, 0.25) is 10.2 Å². The number of rotatable bonds is 7. The predicted molar refractivity (Wildman–Crippen MR) is 113 cm³/mol. The van der Waals surface area contributed by atoms with E-state index in [0.717, 1.165) is 16.9 Å². The van der Waals surface area contributed by atoms with E-state index in [2.05, 4.69) is 15.3 Å². The molecule has 4 aromatic rings. The molecule has 0 saturated heterocycles. The number of halogens is 2. The van der Waals surface area contributed by atoms with Gasteiger partial charge < -0.3 is 9.15 Å². The number of para-hydroxylation sites is 1. The highest BCUT2D eigenvalue weighted by molar-refractivity contribution is 7.98. The minimum atomic E-state index is 0.181. The molecule has 2 heterocycles. The second kappa shape index (κ2) is 8.90. The van der Waals surface area contributed by atoms with Crippen molar-refractivity contribution in [2.45, 2.75) is 24.5 Å². The molecule has 0 spiro atoms. The molecule has 0 unspecified atom stereocenters. The van der Waals surface area contributed by atoms with E-state index in [1.165, 1.54) is 11.8 Å². The largest absolute Gasteiger partial charge is 0.484 e. The van der Waals surface area contributed by atoms with Crippen molar-refractivity contribution < 1.29 is 9.15 Å². The van der Waals surface area contributed by atoms with E-state index >= 15 is 0 Å². The minimum absolute atomic E-state index is 0.181. The third kappa shape index (κ3) is 4.75. The number of hydrogen-bond acceptors (Lipinski definition) is 6. The van der Waals surface area contributed by atoms with Gasteiger partial charge in [-0.15, -0.1) is 10.2 Å². The van der Waals surface area contributed by atoms with Crippen molar-refractivity contribution in [2.75, 3.05) is 0 Å². The van der Waals surface area contributed by atoms with E-state index in [9.17, 15) is 0 Å². The number of benzene rings is 2. The van der Waals surface area contributed by atoms with Crippen LogP contribution in [0.4, 0.5) is 0 Å². The zero-order valence-electron chi connectivity index (χ0n) is 15.4. The van der Waals surface area contributed by atoms with Gasteiger partial charge in [0.2, 0.25) is 0 Å². The maximum Gasteiger partial charge on any atom is 0.277 e. The van der Waals surface area contributed by atoms with Crippen LogP contribution in [0.3, 0.4) is 0 Å². The van der Waals surface area contributed by atoms with Gasteiger partial charge in [-0.05, 0) is 43.3 Å². The molecule has 0 N–H and O–H groups in total. The third-order valence-corrected chi connectivity index (χ3v) is 5.57. The van der Waals surface area contributed by atoms with Crippen molar-refractivity contribution in [3.05, 3.63) is 81.9 Å². The Labute approximate surface area is 181 Å². The Morgan fingerprint density at radius 2 is 1.79 bits per heavy atom. The van der Waals surface area contributed by atoms with Gasteiger partial charge in [0.25, 0.3) is 11.1 Å². The van der Waals surface area contributed by atoms with Gasteiger partial charge in [0.1, 0.15) is 10.9 Å². The topological polar surface area (TPSA) is 66.0 Å². The van der Waals surface area contributed by atoms with Crippen LogP contribution in [0.15, 0.2) is 64.2 Å². The van der Waals surface area contributed by atoms with Crippen LogP contribution in [-0.2, 0) is 12.4 Å². The molecule has 0 radical (unpaired) electrons. The summed E-state index contributed by atoms with van der Waals surface area (Å²) in [6.45, 7) is 2.11. The highest BCUT2D eigenvalue weighted by Gasteiger charge is 2.16. The van der Waals surface area contributed by atoms with Crippen molar-refractivity contribution in [1.82, 2.24) is 20.0 Å². The van der Waals surface area contributed by atoms with Gasteiger partial charge in [-0.3, -0.25) is 0 Å². The number of aryl methyl sites for hydroxylation is 1. The van der Waals surface area contributed by atoms with Gasteiger partial charge in [-0.1, -0.05) is 53.2 Å². The molecule has 0 fully saturated rings. The Morgan fingerprint density at radius 3 is 2.55 bits per heavy atom. The quantitative estimate of drug-likeness (QED) is 0.337. The lowest BCUT2D eigenvalue weighted by Crippen LogP contribution is -1.95. The average molecular weight is 447 g/mol. The summed E-state index contributed by atoms with van der Waals surface area (Å²) >= 11 is 13.8. The van der Waals surface area contributed by atoms with Gasteiger partial charge in [-0.2, -0.15) is 5.10 Å². The zero-order chi connectivity index (χ0) is 20.2. The highest BCUT2D eigenvalue weighted by atomic mass is 35.5. The van der Waals surface area contributed by atoms with Crippen LogP contribution in [0, 0.1) is 6.92 Å². The average Bonchev–Trinajstić information content (AvgIpc) is 3.31. The van der Waals surface area contributed by atoms with Crippen LogP contribution in [-0.4, -0.2) is 20.0 Å². The van der Waals surface area contributed by atoms with Gasteiger partial charge >= 0.3 is 0 Å². The van der Waals surface area contributed by atoms with E-state index in [-0.39, 0.29) is 6.61 Å². The summed E-state index contributed by atoms with van der Waals surface area (Å²) in [5.41, 5.74) is 2.70. The second-order valence-electron chi connectivity index (χ2n) is 6.10. The van der Waals surface area contributed by atoms with Crippen molar-refractivity contribution >= 4 is 35.0 Å².